The minimum Gasteiger partial charge on any atom is -0.497 e. The zero-order chi connectivity index (χ0) is 9.68. The third kappa shape index (κ3) is 2.43. The second kappa shape index (κ2) is 4.45. The van der Waals surface area contributed by atoms with E-state index in [2.05, 4.69) is 10.3 Å². The van der Waals surface area contributed by atoms with Crippen LogP contribution < -0.4 is 10.6 Å². The lowest BCUT2D eigenvalue weighted by atomic mass is 10.1. The van der Waals surface area contributed by atoms with Crippen molar-refractivity contribution in [3.8, 4) is 5.75 Å². The van der Waals surface area contributed by atoms with E-state index in [1.165, 1.54) is 0 Å². The van der Waals surface area contributed by atoms with Crippen LogP contribution in [0.25, 0.3) is 0 Å². The minimum atomic E-state index is -0.00379. The molecule has 2 N–H and O–H groups in total. The van der Waals surface area contributed by atoms with Crippen LogP contribution in [-0.4, -0.2) is 7.11 Å². The summed E-state index contributed by atoms with van der Waals surface area (Å²) in [5, 5.41) is 7.06. The van der Waals surface area contributed by atoms with Crippen LogP contribution >= 0.6 is 0 Å². The molecule has 4 heteroatoms. The van der Waals surface area contributed by atoms with E-state index in [0.717, 1.165) is 11.3 Å². The highest BCUT2D eigenvalue weighted by molar-refractivity contribution is 5.28. The van der Waals surface area contributed by atoms with E-state index >= 15 is 0 Å². The van der Waals surface area contributed by atoms with Crippen molar-refractivity contribution in [3.63, 3.8) is 0 Å². The van der Waals surface area contributed by atoms with Crippen molar-refractivity contribution in [3.05, 3.63) is 29.8 Å². The molecule has 1 aromatic rings. The van der Waals surface area contributed by atoms with Crippen LogP contribution in [0.1, 0.15) is 18.5 Å². The summed E-state index contributed by atoms with van der Waals surface area (Å²) in [6, 6.07) is 7.66. The van der Waals surface area contributed by atoms with Crippen LogP contribution in [-0.2, 0) is 0 Å². The lowest BCUT2D eigenvalue weighted by Crippen LogP contribution is -1.90. The van der Waals surface area contributed by atoms with E-state index in [9.17, 15) is 0 Å². The second-order valence-corrected chi connectivity index (χ2v) is 2.68. The summed E-state index contributed by atoms with van der Waals surface area (Å²) >= 11 is 0. The van der Waals surface area contributed by atoms with Crippen molar-refractivity contribution in [2.75, 3.05) is 7.11 Å². The zero-order valence-electron chi connectivity index (χ0n) is 7.77. The van der Waals surface area contributed by atoms with Gasteiger partial charge in [-0.15, -0.1) is 0 Å². The van der Waals surface area contributed by atoms with Gasteiger partial charge in [0.25, 0.3) is 0 Å². The molecule has 0 amide bonds. The number of hydrogen-bond acceptors (Lipinski definition) is 3. The Labute approximate surface area is 77.4 Å². The Morgan fingerprint density at radius 3 is 2.38 bits per heavy atom. The van der Waals surface area contributed by atoms with E-state index in [4.69, 9.17) is 10.6 Å². The summed E-state index contributed by atoms with van der Waals surface area (Å²) in [4.78, 5) is 0. The summed E-state index contributed by atoms with van der Waals surface area (Å²) in [7, 11) is 1.64. The maximum atomic E-state index is 5.03. The predicted molar refractivity (Wildman–Crippen MR) is 50.5 cm³/mol. The molecule has 0 spiro atoms. The van der Waals surface area contributed by atoms with Gasteiger partial charge in [0.15, 0.2) is 0 Å². The largest absolute Gasteiger partial charge is 0.497 e. The molecule has 0 bridgehead atoms. The van der Waals surface area contributed by atoms with Gasteiger partial charge in [-0.2, -0.15) is 5.11 Å². The number of nitrogens with zero attached hydrogens (tertiary/aromatic N) is 2. The Kier molecular flexibility index (Phi) is 3.25. The van der Waals surface area contributed by atoms with E-state index in [1.807, 2.05) is 31.2 Å². The molecule has 1 atom stereocenters. The third-order valence-corrected chi connectivity index (χ3v) is 1.84. The first kappa shape index (κ1) is 9.51. The number of rotatable bonds is 3. The molecule has 0 aliphatic rings. The van der Waals surface area contributed by atoms with Crippen LogP contribution in [0.15, 0.2) is 34.6 Å². The average molecular weight is 179 g/mol. The molecule has 0 heterocycles. The fourth-order valence-corrected chi connectivity index (χ4v) is 1.05. The topological polar surface area (TPSA) is 60.0 Å². The normalized spacial score (nSPS) is 13.1. The Bertz CT molecular complexity index is 281. The molecule has 0 saturated heterocycles. The van der Waals surface area contributed by atoms with Crippen molar-refractivity contribution in [2.45, 2.75) is 13.0 Å². The Morgan fingerprint density at radius 1 is 1.31 bits per heavy atom. The molecule has 13 heavy (non-hydrogen) atoms. The average Bonchev–Trinajstić information content (AvgIpc) is 2.18. The van der Waals surface area contributed by atoms with Crippen molar-refractivity contribution < 1.29 is 4.74 Å². The van der Waals surface area contributed by atoms with Gasteiger partial charge in [-0.05, 0) is 24.6 Å². The fraction of sp³-hybridized carbons (Fsp3) is 0.333. The summed E-state index contributed by atoms with van der Waals surface area (Å²) < 4.78 is 5.03. The second-order valence-electron chi connectivity index (χ2n) is 2.68. The Hall–Kier alpha value is -1.58. The molecular formula is C9H13N3O. The monoisotopic (exact) mass is 179 g/mol. The summed E-state index contributed by atoms with van der Waals surface area (Å²) in [6.07, 6.45) is 0. The smallest absolute Gasteiger partial charge is 0.118 e. The van der Waals surface area contributed by atoms with Crippen LogP contribution in [0.5, 0.6) is 5.75 Å². The standard InChI is InChI=1S/C9H13N3O/c1-7(11-12-10)8-3-5-9(13-2)6-4-8/h3-7H,1-2H3,(H2,10,11). The van der Waals surface area contributed by atoms with E-state index < -0.39 is 0 Å². The third-order valence-electron chi connectivity index (χ3n) is 1.84. The molecule has 0 saturated carbocycles. The molecule has 0 radical (unpaired) electrons. The molecule has 1 rings (SSSR count). The van der Waals surface area contributed by atoms with Gasteiger partial charge in [-0.1, -0.05) is 17.4 Å². The maximum Gasteiger partial charge on any atom is 0.118 e. The lowest BCUT2D eigenvalue weighted by Gasteiger charge is -2.05. The highest BCUT2D eigenvalue weighted by atomic mass is 16.5. The van der Waals surface area contributed by atoms with Gasteiger partial charge in [-0.25, -0.2) is 0 Å². The number of benzene rings is 1. The van der Waals surface area contributed by atoms with E-state index in [0.29, 0.717) is 0 Å². The molecule has 0 aromatic heterocycles. The number of nitrogens with two attached hydrogens (primary N) is 1. The quantitative estimate of drug-likeness (QED) is 0.438. The predicted octanol–water partition coefficient (Wildman–Crippen LogP) is 2.08. The van der Waals surface area contributed by atoms with Crippen molar-refractivity contribution in [2.24, 2.45) is 16.2 Å². The van der Waals surface area contributed by atoms with Gasteiger partial charge in [0, 0.05) is 0 Å². The molecule has 1 aromatic carbocycles. The lowest BCUT2D eigenvalue weighted by molar-refractivity contribution is 0.414. The minimum absolute atomic E-state index is 0.00379. The van der Waals surface area contributed by atoms with Gasteiger partial charge in [0.1, 0.15) is 5.75 Å². The van der Waals surface area contributed by atoms with Gasteiger partial charge < -0.3 is 10.6 Å². The first-order chi connectivity index (χ1) is 6.27. The summed E-state index contributed by atoms with van der Waals surface area (Å²) in [5.41, 5.74) is 1.06. The highest BCUT2D eigenvalue weighted by Gasteiger charge is 2.02. The fourth-order valence-electron chi connectivity index (χ4n) is 1.05. The van der Waals surface area contributed by atoms with Crippen molar-refractivity contribution >= 4 is 0 Å². The summed E-state index contributed by atoms with van der Waals surface area (Å²) in [5.74, 6) is 5.79. The van der Waals surface area contributed by atoms with Gasteiger partial charge in [0.2, 0.25) is 0 Å². The van der Waals surface area contributed by atoms with Crippen LogP contribution in [0, 0.1) is 0 Å². The van der Waals surface area contributed by atoms with Crippen molar-refractivity contribution in [1.29, 1.82) is 0 Å². The first-order valence-corrected chi connectivity index (χ1v) is 4.02. The molecule has 0 aliphatic carbocycles. The maximum absolute atomic E-state index is 5.03. The SMILES string of the molecule is COc1ccc(C(C)N=NN)cc1. The number of ether oxygens (including phenoxy) is 1. The molecule has 70 valence electrons. The van der Waals surface area contributed by atoms with Crippen molar-refractivity contribution in [1.82, 2.24) is 0 Å². The van der Waals surface area contributed by atoms with Crippen LogP contribution in [0.4, 0.5) is 0 Å². The molecule has 0 fully saturated rings. The number of hydrogen-bond donors (Lipinski definition) is 1. The van der Waals surface area contributed by atoms with E-state index in [1.54, 1.807) is 7.11 Å². The highest BCUT2D eigenvalue weighted by Crippen LogP contribution is 2.19. The van der Waals surface area contributed by atoms with Gasteiger partial charge in [0.05, 0.1) is 13.2 Å². The molecule has 1 unspecified atom stereocenters. The number of methoxy groups -OCH3 is 1. The van der Waals surface area contributed by atoms with E-state index in [-0.39, 0.29) is 6.04 Å². The summed E-state index contributed by atoms with van der Waals surface area (Å²) in [6.45, 7) is 1.93. The van der Waals surface area contributed by atoms with Gasteiger partial charge in [-0.3, -0.25) is 0 Å². The molecule has 4 nitrogen and oxygen atoms in total. The molecular weight excluding hydrogens is 166 g/mol. The first-order valence-electron chi connectivity index (χ1n) is 4.02. The zero-order valence-corrected chi connectivity index (χ0v) is 7.77. The van der Waals surface area contributed by atoms with Crippen LogP contribution in [0.2, 0.25) is 0 Å². The molecule has 0 aliphatic heterocycles. The Morgan fingerprint density at radius 2 is 1.92 bits per heavy atom. The Balaban J connectivity index is 2.79. The van der Waals surface area contributed by atoms with Crippen LogP contribution in [0.3, 0.4) is 0 Å². The van der Waals surface area contributed by atoms with Gasteiger partial charge >= 0.3 is 0 Å².